The molecule has 0 spiro atoms. The molecule has 118 valence electrons. The third-order valence-electron chi connectivity index (χ3n) is 3.54. The highest BCUT2D eigenvalue weighted by molar-refractivity contribution is 7.92. The van der Waals surface area contributed by atoms with Gasteiger partial charge in [0.2, 0.25) is 10.0 Å². The molecule has 0 saturated carbocycles. The number of carbonyl (C=O) groups excluding carboxylic acids is 1. The maximum absolute atomic E-state index is 12.5. The molecule has 0 atom stereocenters. The van der Waals surface area contributed by atoms with Crippen LogP contribution in [0.25, 0.3) is 0 Å². The zero-order valence-electron chi connectivity index (χ0n) is 12.7. The zero-order chi connectivity index (χ0) is 15.8. The zero-order valence-corrected chi connectivity index (χ0v) is 14.3. The summed E-state index contributed by atoms with van der Waals surface area (Å²) in [6.45, 7) is 4.80. The van der Waals surface area contributed by atoms with Gasteiger partial charge >= 0.3 is 0 Å². The van der Waals surface area contributed by atoms with Crippen molar-refractivity contribution in [3.63, 3.8) is 0 Å². The van der Waals surface area contributed by atoms with Gasteiger partial charge in [-0.3, -0.25) is 4.79 Å². The molecule has 2 rings (SSSR count). The van der Waals surface area contributed by atoms with Crippen molar-refractivity contribution < 1.29 is 13.2 Å². The molecule has 1 amide bonds. The molecule has 0 aliphatic carbocycles. The fraction of sp³-hybridized carbons (Fsp3) is 0.667. The second-order valence-corrected chi connectivity index (χ2v) is 8.23. The molecule has 1 aliphatic rings. The van der Waals surface area contributed by atoms with Gasteiger partial charge in [0, 0.05) is 33.2 Å². The molecule has 1 aromatic heterocycles. The lowest BCUT2D eigenvalue weighted by Crippen LogP contribution is -2.47. The number of anilines is 1. The number of amides is 1. The highest BCUT2D eigenvalue weighted by Crippen LogP contribution is 2.28. The highest BCUT2D eigenvalue weighted by Gasteiger charge is 2.26. The van der Waals surface area contributed by atoms with E-state index in [2.05, 4.69) is 9.88 Å². The Balaban J connectivity index is 2.21. The van der Waals surface area contributed by atoms with Gasteiger partial charge in [-0.05, 0) is 14.0 Å². The van der Waals surface area contributed by atoms with E-state index in [4.69, 9.17) is 0 Å². The summed E-state index contributed by atoms with van der Waals surface area (Å²) in [5.74, 6) is -0.0637. The summed E-state index contributed by atoms with van der Waals surface area (Å²) < 4.78 is 24.2. The Kier molecular flexibility index (Phi) is 4.54. The number of nitrogens with zero attached hydrogens (tertiary/aromatic N) is 4. The summed E-state index contributed by atoms with van der Waals surface area (Å²) >= 11 is 1.13. The third kappa shape index (κ3) is 3.53. The topological polar surface area (TPSA) is 73.8 Å². The summed E-state index contributed by atoms with van der Waals surface area (Å²) in [4.78, 5) is 21.2. The van der Waals surface area contributed by atoms with Crippen molar-refractivity contribution in [2.45, 2.75) is 6.92 Å². The molecule has 0 aromatic carbocycles. The molecular weight excluding hydrogens is 312 g/mol. The van der Waals surface area contributed by atoms with Crippen molar-refractivity contribution in [1.29, 1.82) is 0 Å². The quantitative estimate of drug-likeness (QED) is 0.792. The maximum atomic E-state index is 12.5. The molecule has 1 aliphatic heterocycles. The van der Waals surface area contributed by atoms with E-state index in [1.54, 1.807) is 11.8 Å². The Labute approximate surface area is 129 Å². The predicted octanol–water partition coefficient (Wildman–Crippen LogP) is 0.235. The minimum atomic E-state index is -3.37. The second-order valence-electron chi connectivity index (χ2n) is 5.24. The first-order chi connectivity index (χ1) is 9.70. The molecule has 7 nitrogen and oxygen atoms in total. The summed E-state index contributed by atoms with van der Waals surface area (Å²) in [5.41, 5.74) is 0.578. The number of hydrogen-bond acceptors (Lipinski definition) is 6. The number of sulfonamides is 1. The number of carbonyl (C=O) groups is 1. The molecule has 0 unspecified atom stereocenters. The van der Waals surface area contributed by atoms with E-state index in [0.717, 1.165) is 35.0 Å². The van der Waals surface area contributed by atoms with Crippen molar-refractivity contribution in [3.8, 4) is 0 Å². The maximum Gasteiger partial charge on any atom is 0.266 e. The standard InChI is InChI=1S/C12H20N4O3S2/c1-9-10(11(17)16-7-5-14(2)6-8-16)20-12(13-9)15(3)21(4,18)19/h5-8H2,1-4H3. The minimum Gasteiger partial charge on any atom is -0.335 e. The van der Waals surface area contributed by atoms with E-state index in [1.807, 2.05) is 7.05 Å². The second kappa shape index (κ2) is 5.90. The fourth-order valence-corrected chi connectivity index (χ4v) is 3.76. The normalized spacial score (nSPS) is 17.0. The molecule has 1 aromatic rings. The number of thiazole rings is 1. The van der Waals surface area contributed by atoms with Gasteiger partial charge in [0.15, 0.2) is 5.13 Å². The van der Waals surface area contributed by atoms with Gasteiger partial charge < -0.3 is 9.80 Å². The number of likely N-dealkylation sites (N-methyl/N-ethyl adjacent to an activating group) is 1. The van der Waals surface area contributed by atoms with Crippen molar-refractivity contribution in [2.75, 3.05) is 50.8 Å². The van der Waals surface area contributed by atoms with E-state index in [-0.39, 0.29) is 5.91 Å². The first-order valence-corrected chi connectivity index (χ1v) is 9.26. The lowest BCUT2D eigenvalue weighted by molar-refractivity contribution is 0.0668. The van der Waals surface area contributed by atoms with Crippen LogP contribution in [0.15, 0.2) is 0 Å². The molecule has 1 saturated heterocycles. The third-order valence-corrected chi connectivity index (χ3v) is 6.04. The Hall–Kier alpha value is -1.19. The van der Waals surface area contributed by atoms with Crippen molar-refractivity contribution in [2.24, 2.45) is 0 Å². The monoisotopic (exact) mass is 332 g/mol. The molecule has 21 heavy (non-hydrogen) atoms. The van der Waals surface area contributed by atoms with Crippen LogP contribution < -0.4 is 4.31 Å². The highest BCUT2D eigenvalue weighted by atomic mass is 32.2. The van der Waals surface area contributed by atoms with Crippen LogP contribution in [0, 0.1) is 6.92 Å². The van der Waals surface area contributed by atoms with Gasteiger partial charge in [0.05, 0.1) is 11.9 Å². The number of hydrogen-bond donors (Lipinski definition) is 0. The van der Waals surface area contributed by atoms with Crippen molar-refractivity contribution in [3.05, 3.63) is 10.6 Å². The summed E-state index contributed by atoms with van der Waals surface area (Å²) in [5, 5.41) is 0.326. The first-order valence-electron chi connectivity index (χ1n) is 6.59. The van der Waals surface area contributed by atoms with Crippen LogP contribution in [-0.4, -0.2) is 75.6 Å². The Morgan fingerprint density at radius 3 is 2.38 bits per heavy atom. The lowest BCUT2D eigenvalue weighted by Gasteiger charge is -2.32. The fourth-order valence-electron chi connectivity index (χ4n) is 2.01. The van der Waals surface area contributed by atoms with E-state index in [9.17, 15) is 13.2 Å². The summed E-state index contributed by atoms with van der Waals surface area (Å²) in [6.07, 6.45) is 1.12. The predicted molar refractivity (Wildman–Crippen MR) is 83.5 cm³/mol. The van der Waals surface area contributed by atoms with Crippen LogP contribution in [0.1, 0.15) is 15.4 Å². The molecular formula is C12H20N4O3S2. The van der Waals surface area contributed by atoms with E-state index < -0.39 is 10.0 Å². The first kappa shape index (κ1) is 16.2. The van der Waals surface area contributed by atoms with E-state index in [1.165, 1.54) is 7.05 Å². The van der Waals surface area contributed by atoms with Gasteiger partial charge in [-0.25, -0.2) is 17.7 Å². The van der Waals surface area contributed by atoms with Gasteiger partial charge in [-0.2, -0.15) is 0 Å². The molecule has 9 heteroatoms. The van der Waals surface area contributed by atoms with Crippen LogP contribution in [-0.2, 0) is 10.0 Å². The van der Waals surface area contributed by atoms with Crippen LogP contribution in [0.5, 0.6) is 0 Å². The largest absolute Gasteiger partial charge is 0.335 e. The summed E-state index contributed by atoms with van der Waals surface area (Å²) in [6, 6.07) is 0. The minimum absolute atomic E-state index is 0.0637. The number of aryl methyl sites for hydroxylation is 1. The average Bonchev–Trinajstić information content (AvgIpc) is 2.79. The lowest BCUT2D eigenvalue weighted by atomic mass is 10.3. The Bertz CT molecular complexity index is 633. The molecule has 1 fully saturated rings. The van der Waals surface area contributed by atoms with Crippen molar-refractivity contribution >= 4 is 32.4 Å². The molecule has 0 N–H and O–H groups in total. The van der Waals surface area contributed by atoms with E-state index in [0.29, 0.717) is 28.8 Å². The van der Waals surface area contributed by atoms with Gasteiger partial charge in [0.25, 0.3) is 5.91 Å². The van der Waals surface area contributed by atoms with Crippen molar-refractivity contribution in [1.82, 2.24) is 14.8 Å². The number of aromatic nitrogens is 1. The molecule has 0 radical (unpaired) electrons. The Morgan fingerprint density at radius 1 is 1.29 bits per heavy atom. The van der Waals surface area contributed by atoms with Crippen LogP contribution >= 0.6 is 11.3 Å². The summed E-state index contributed by atoms with van der Waals surface area (Å²) in [7, 11) is 0.101. The number of rotatable bonds is 3. The van der Waals surface area contributed by atoms with Crippen LogP contribution in [0.2, 0.25) is 0 Å². The smallest absolute Gasteiger partial charge is 0.266 e. The van der Waals surface area contributed by atoms with Gasteiger partial charge in [-0.15, -0.1) is 0 Å². The number of piperazine rings is 1. The van der Waals surface area contributed by atoms with Crippen LogP contribution in [0.4, 0.5) is 5.13 Å². The average molecular weight is 332 g/mol. The Morgan fingerprint density at radius 2 is 1.86 bits per heavy atom. The SMILES string of the molecule is Cc1nc(N(C)S(C)(=O)=O)sc1C(=O)N1CCN(C)CC1. The van der Waals surface area contributed by atoms with Gasteiger partial charge in [0.1, 0.15) is 4.88 Å². The van der Waals surface area contributed by atoms with E-state index >= 15 is 0 Å². The molecule has 0 bridgehead atoms. The molecule has 2 heterocycles. The van der Waals surface area contributed by atoms with Crippen LogP contribution in [0.3, 0.4) is 0 Å². The van der Waals surface area contributed by atoms with Gasteiger partial charge in [-0.1, -0.05) is 11.3 Å².